The van der Waals surface area contributed by atoms with Crippen molar-refractivity contribution in [2.75, 3.05) is 0 Å². The number of hydrogen-bond donors (Lipinski definition) is 2. The summed E-state index contributed by atoms with van der Waals surface area (Å²) in [7, 11) is 1.74. The van der Waals surface area contributed by atoms with E-state index in [4.69, 9.17) is 0 Å². The van der Waals surface area contributed by atoms with Crippen molar-refractivity contribution in [2.45, 2.75) is 6.54 Å². The summed E-state index contributed by atoms with van der Waals surface area (Å²) in [6.45, 7) is 0.479. The lowest BCUT2D eigenvalue weighted by Crippen LogP contribution is -2.25. The van der Waals surface area contributed by atoms with Gasteiger partial charge in [0, 0.05) is 26.0 Å². The summed E-state index contributed by atoms with van der Waals surface area (Å²) in [5.74, 6) is -0.132. The molecule has 106 valence electrons. The van der Waals surface area contributed by atoms with E-state index in [0.717, 1.165) is 16.8 Å². The third-order valence-corrected chi connectivity index (χ3v) is 3.27. The van der Waals surface area contributed by atoms with Gasteiger partial charge in [-0.2, -0.15) is 10.2 Å². The molecule has 3 rings (SSSR count). The summed E-state index contributed by atoms with van der Waals surface area (Å²) < 4.78 is 1.55. The molecule has 0 fully saturated rings. The maximum absolute atomic E-state index is 12.0. The molecule has 1 aromatic carbocycles. The number of amides is 1. The van der Waals surface area contributed by atoms with E-state index in [1.807, 2.05) is 30.3 Å². The normalized spacial score (nSPS) is 10.5. The van der Waals surface area contributed by atoms with E-state index < -0.39 is 0 Å². The Hall–Kier alpha value is -2.89. The van der Waals surface area contributed by atoms with E-state index in [1.54, 1.807) is 30.2 Å². The van der Waals surface area contributed by atoms with Crippen LogP contribution in [0.15, 0.2) is 48.8 Å². The van der Waals surface area contributed by atoms with Gasteiger partial charge in [0.2, 0.25) is 0 Å². The van der Waals surface area contributed by atoms with Gasteiger partial charge in [-0.3, -0.25) is 14.6 Å². The van der Waals surface area contributed by atoms with Crippen LogP contribution in [-0.4, -0.2) is 25.9 Å². The smallest absolute Gasteiger partial charge is 0.269 e. The fourth-order valence-corrected chi connectivity index (χ4v) is 2.09. The quantitative estimate of drug-likeness (QED) is 0.765. The zero-order valence-corrected chi connectivity index (χ0v) is 11.6. The molecule has 0 bridgehead atoms. The molecule has 6 nitrogen and oxygen atoms in total. The standard InChI is InChI=1S/C15H15N5O/c1-20-14(7-9-18-20)15(21)16-10-11-2-4-12(5-3-11)13-6-8-17-19-13/h2-9H,10H2,1H3,(H,16,21)(H,17,19). The van der Waals surface area contributed by atoms with Gasteiger partial charge in [-0.15, -0.1) is 0 Å². The average molecular weight is 281 g/mol. The second-order valence-electron chi connectivity index (χ2n) is 4.69. The van der Waals surface area contributed by atoms with E-state index in [1.165, 1.54) is 0 Å². The number of nitrogens with one attached hydrogen (secondary N) is 2. The van der Waals surface area contributed by atoms with Crippen LogP contribution in [0.3, 0.4) is 0 Å². The number of H-pyrrole nitrogens is 1. The van der Waals surface area contributed by atoms with Crippen molar-refractivity contribution in [1.29, 1.82) is 0 Å². The second-order valence-corrected chi connectivity index (χ2v) is 4.69. The number of rotatable bonds is 4. The molecular formula is C15H15N5O. The highest BCUT2D eigenvalue weighted by Crippen LogP contribution is 2.16. The first-order valence-corrected chi connectivity index (χ1v) is 6.59. The number of benzene rings is 1. The number of carbonyl (C=O) groups excluding carboxylic acids is 1. The first kappa shape index (κ1) is 13.1. The molecule has 21 heavy (non-hydrogen) atoms. The number of nitrogens with zero attached hydrogens (tertiary/aromatic N) is 3. The molecule has 0 unspecified atom stereocenters. The fraction of sp³-hybridized carbons (Fsp3) is 0.133. The maximum Gasteiger partial charge on any atom is 0.269 e. The zero-order valence-electron chi connectivity index (χ0n) is 11.6. The molecule has 0 atom stereocenters. The predicted octanol–water partition coefficient (Wildman–Crippen LogP) is 1.74. The molecule has 2 aromatic heterocycles. The van der Waals surface area contributed by atoms with E-state index in [2.05, 4.69) is 20.6 Å². The fourth-order valence-electron chi connectivity index (χ4n) is 2.09. The minimum Gasteiger partial charge on any atom is -0.347 e. The third-order valence-electron chi connectivity index (χ3n) is 3.27. The Morgan fingerprint density at radius 1 is 1.19 bits per heavy atom. The van der Waals surface area contributed by atoms with Crippen LogP contribution in [0.2, 0.25) is 0 Å². The van der Waals surface area contributed by atoms with Crippen molar-refractivity contribution in [3.63, 3.8) is 0 Å². The van der Waals surface area contributed by atoms with Gasteiger partial charge < -0.3 is 5.32 Å². The van der Waals surface area contributed by atoms with Gasteiger partial charge >= 0.3 is 0 Å². The van der Waals surface area contributed by atoms with Gasteiger partial charge in [0.15, 0.2) is 0 Å². The van der Waals surface area contributed by atoms with Crippen LogP contribution in [0.5, 0.6) is 0 Å². The molecule has 2 N–H and O–H groups in total. The highest BCUT2D eigenvalue weighted by atomic mass is 16.2. The Labute approximate surface area is 121 Å². The van der Waals surface area contributed by atoms with Gasteiger partial charge in [-0.25, -0.2) is 0 Å². The van der Waals surface area contributed by atoms with Crippen molar-refractivity contribution < 1.29 is 4.79 Å². The van der Waals surface area contributed by atoms with E-state index in [0.29, 0.717) is 12.2 Å². The predicted molar refractivity (Wildman–Crippen MR) is 78.4 cm³/mol. The van der Waals surface area contributed by atoms with Crippen LogP contribution >= 0.6 is 0 Å². The van der Waals surface area contributed by atoms with Crippen LogP contribution in [-0.2, 0) is 13.6 Å². The molecule has 0 radical (unpaired) electrons. The molecule has 0 aliphatic rings. The molecule has 3 aromatic rings. The lowest BCUT2D eigenvalue weighted by atomic mass is 10.1. The molecule has 6 heteroatoms. The molecule has 0 aliphatic heterocycles. The summed E-state index contributed by atoms with van der Waals surface area (Å²) in [4.78, 5) is 12.0. The highest BCUT2D eigenvalue weighted by molar-refractivity contribution is 5.92. The lowest BCUT2D eigenvalue weighted by Gasteiger charge is -2.06. The average Bonchev–Trinajstić information content (AvgIpc) is 3.16. The van der Waals surface area contributed by atoms with Gasteiger partial charge in [-0.1, -0.05) is 24.3 Å². The Bertz CT molecular complexity index is 728. The second kappa shape index (κ2) is 5.62. The summed E-state index contributed by atoms with van der Waals surface area (Å²) in [5.41, 5.74) is 3.62. The number of aryl methyl sites for hydroxylation is 1. The first-order chi connectivity index (χ1) is 10.2. The van der Waals surface area contributed by atoms with Crippen molar-refractivity contribution in [3.8, 4) is 11.3 Å². The lowest BCUT2D eigenvalue weighted by molar-refractivity contribution is 0.0941. The van der Waals surface area contributed by atoms with Gasteiger partial charge in [0.1, 0.15) is 5.69 Å². The minimum atomic E-state index is -0.132. The van der Waals surface area contributed by atoms with E-state index in [9.17, 15) is 4.79 Å². The van der Waals surface area contributed by atoms with E-state index >= 15 is 0 Å². The maximum atomic E-state index is 12.0. The number of aromatic nitrogens is 4. The van der Waals surface area contributed by atoms with Crippen LogP contribution in [0.1, 0.15) is 16.1 Å². The number of aromatic amines is 1. The topological polar surface area (TPSA) is 75.6 Å². The minimum absolute atomic E-state index is 0.132. The molecule has 0 aliphatic carbocycles. The third kappa shape index (κ3) is 2.84. The van der Waals surface area contributed by atoms with Crippen molar-refractivity contribution in [3.05, 3.63) is 60.0 Å². The van der Waals surface area contributed by atoms with Gasteiger partial charge in [0.25, 0.3) is 5.91 Å². The largest absolute Gasteiger partial charge is 0.347 e. The Balaban J connectivity index is 1.64. The summed E-state index contributed by atoms with van der Waals surface area (Å²) in [6, 6.07) is 11.6. The number of hydrogen-bond acceptors (Lipinski definition) is 3. The molecule has 0 saturated carbocycles. The summed E-state index contributed by atoms with van der Waals surface area (Å²) in [5, 5.41) is 13.7. The van der Waals surface area contributed by atoms with Crippen LogP contribution in [0.25, 0.3) is 11.3 Å². The monoisotopic (exact) mass is 281 g/mol. The number of carbonyl (C=O) groups is 1. The zero-order chi connectivity index (χ0) is 14.7. The Kier molecular flexibility index (Phi) is 3.51. The van der Waals surface area contributed by atoms with Gasteiger partial charge in [-0.05, 0) is 23.3 Å². The molecular weight excluding hydrogens is 266 g/mol. The Morgan fingerprint density at radius 2 is 2.00 bits per heavy atom. The van der Waals surface area contributed by atoms with Crippen molar-refractivity contribution in [2.24, 2.45) is 7.05 Å². The van der Waals surface area contributed by atoms with Crippen LogP contribution in [0.4, 0.5) is 0 Å². The molecule has 2 heterocycles. The highest BCUT2D eigenvalue weighted by Gasteiger charge is 2.09. The van der Waals surface area contributed by atoms with Crippen molar-refractivity contribution in [1.82, 2.24) is 25.3 Å². The summed E-state index contributed by atoms with van der Waals surface area (Å²) >= 11 is 0. The Morgan fingerprint density at radius 3 is 2.62 bits per heavy atom. The van der Waals surface area contributed by atoms with E-state index in [-0.39, 0.29) is 5.91 Å². The molecule has 1 amide bonds. The summed E-state index contributed by atoms with van der Waals surface area (Å²) in [6.07, 6.45) is 3.32. The van der Waals surface area contributed by atoms with Crippen LogP contribution < -0.4 is 5.32 Å². The first-order valence-electron chi connectivity index (χ1n) is 6.59. The van der Waals surface area contributed by atoms with Crippen LogP contribution in [0, 0.1) is 0 Å². The SMILES string of the molecule is Cn1nccc1C(=O)NCc1ccc(-c2ccn[nH]2)cc1. The van der Waals surface area contributed by atoms with Gasteiger partial charge in [0.05, 0.1) is 5.69 Å². The molecule has 0 saturated heterocycles. The molecule has 0 spiro atoms. The van der Waals surface area contributed by atoms with Crippen molar-refractivity contribution >= 4 is 5.91 Å².